The summed E-state index contributed by atoms with van der Waals surface area (Å²) in [7, 11) is -10.7. The van der Waals surface area contributed by atoms with E-state index in [1.54, 1.807) is 0 Å². The van der Waals surface area contributed by atoms with Crippen LogP contribution in [0.3, 0.4) is 0 Å². The van der Waals surface area contributed by atoms with Gasteiger partial charge in [-0.05, 0) is 0 Å². The first kappa shape index (κ1) is 24.0. The van der Waals surface area contributed by atoms with Gasteiger partial charge in [0, 0.05) is 0 Å². The molecule has 2 aromatic heterocycles. The molecular formula is C22H17F6IrN2P. The standard InChI is InChI=1S/2C11H8N.F6P.Ir/c2*1-2-6-10(7-3-1)11-8-4-5-9-12-11;1-7(2,3,4,5)6;/h2*1-6,8-9H;;/q;;-1;/p+1. The first-order valence-corrected chi connectivity index (χ1v) is 13.5. The SMILES string of the molecule is F[P-](F)(F)(F)(F)F.[H+].c1ccc(-c2cccc[c]2[Ir][c]2ccccc2-c2ccccn2)nc1. The van der Waals surface area contributed by atoms with Crippen molar-refractivity contribution in [2.24, 2.45) is 0 Å². The summed E-state index contributed by atoms with van der Waals surface area (Å²) in [6.07, 6.45) is 3.71. The van der Waals surface area contributed by atoms with Crippen LogP contribution in [-0.4, -0.2) is 9.97 Å². The normalized spacial score (nSPS) is 13.4. The van der Waals surface area contributed by atoms with Gasteiger partial charge in [-0.1, -0.05) is 0 Å². The maximum absolute atomic E-state index is 10.7. The molecule has 0 N–H and O–H groups in total. The number of benzene rings is 2. The van der Waals surface area contributed by atoms with Crippen LogP contribution in [0.5, 0.6) is 0 Å². The number of halogens is 6. The molecule has 0 aliphatic heterocycles. The first-order chi connectivity index (χ1) is 14.9. The van der Waals surface area contributed by atoms with E-state index in [0.717, 1.165) is 11.4 Å². The molecule has 0 radical (unpaired) electrons. The Labute approximate surface area is 190 Å². The van der Waals surface area contributed by atoms with Crippen molar-refractivity contribution in [2.45, 2.75) is 0 Å². The van der Waals surface area contributed by atoms with Gasteiger partial charge >= 0.3 is 190 Å². The van der Waals surface area contributed by atoms with Crippen LogP contribution in [0.25, 0.3) is 22.5 Å². The van der Waals surface area contributed by atoms with Gasteiger partial charge in [-0.2, -0.15) is 0 Å². The zero-order chi connectivity index (χ0) is 23.3. The quantitative estimate of drug-likeness (QED) is 0.171. The van der Waals surface area contributed by atoms with Crippen LogP contribution < -0.4 is 8.15 Å². The van der Waals surface area contributed by atoms with Crippen molar-refractivity contribution in [3.05, 3.63) is 97.3 Å². The minimum atomic E-state index is -10.7. The fourth-order valence-corrected chi connectivity index (χ4v) is 5.81. The van der Waals surface area contributed by atoms with E-state index in [9.17, 15) is 25.2 Å². The summed E-state index contributed by atoms with van der Waals surface area (Å²) in [6, 6.07) is 29.4. The van der Waals surface area contributed by atoms with Gasteiger partial charge in [0.2, 0.25) is 0 Å². The van der Waals surface area contributed by atoms with Crippen LogP contribution in [0, 0.1) is 0 Å². The second-order valence-corrected chi connectivity index (χ2v) is 11.5. The van der Waals surface area contributed by atoms with Crippen LogP contribution >= 0.6 is 7.81 Å². The third kappa shape index (κ3) is 8.50. The van der Waals surface area contributed by atoms with Crippen LogP contribution in [0.4, 0.5) is 25.2 Å². The Hall–Kier alpha value is -2.60. The zero-order valence-corrected chi connectivity index (χ0v) is 19.5. The molecule has 2 aromatic carbocycles. The Kier molecular flexibility index (Phi) is 6.57. The van der Waals surface area contributed by atoms with Gasteiger partial charge in [-0.25, -0.2) is 0 Å². The van der Waals surface area contributed by atoms with Crippen molar-refractivity contribution in [3.63, 3.8) is 0 Å². The van der Waals surface area contributed by atoms with Crippen LogP contribution in [0.1, 0.15) is 1.43 Å². The maximum atomic E-state index is 9.87. The molecule has 0 aliphatic carbocycles. The summed E-state index contributed by atoms with van der Waals surface area (Å²) in [5.41, 5.74) is 4.55. The molecule has 0 atom stereocenters. The summed E-state index contributed by atoms with van der Waals surface area (Å²) in [4.78, 5) is 9.08. The third-order valence-electron chi connectivity index (χ3n) is 3.77. The number of pyridine rings is 2. The average Bonchev–Trinajstić information content (AvgIpc) is 2.74. The van der Waals surface area contributed by atoms with Crippen LogP contribution in [0.2, 0.25) is 0 Å². The fraction of sp³-hybridized carbons (Fsp3) is 0. The molecule has 0 spiro atoms. The van der Waals surface area contributed by atoms with Crippen molar-refractivity contribution in [1.82, 2.24) is 9.97 Å². The van der Waals surface area contributed by atoms with Gasteiger partial charge in [0.25, 0.3) is 0 Å². The first-order valence-electron chi connectivity index (χ1n) is 9.04. The Morgan fingerprint density at radius 3 is 1.22 bits per heavy atom. The van der Waals surface area contributed by atoms with E-state index in [1.165, 1.54) is 19.3 Å². The van der Waals surface area contributed by atoms with Gasteiger partial charge in [0.05, 0.1) is 0 Å². The second-order valence-electron chi connectivity index (χ2n) is 6.38. The Balaban J connectivity index is 0.000000423. The van der Waals surface area contributed by atoms with E-state index in [2.05, 4.69) is 70.6 Å². The van der Waals surface area contributed by atoms with E-state index in [4.69, 9.17) is 0 Å². The molecule has 0 saturated carbocycles. The topological polar surface area (TPSA) is 25.8 Å². The number of nitrogens with zero attached hydrogens (tertiary/aromatic N) is 2. The van der Waals surface area contributed by atoms with Crippen molar-refractivity contribution < 1.29 is 44.3 Å². The van der Waals surface area contributed by atoms with Gasteiger partial charge in [0.1, 0.15) is 0 Å². The molecule has 0 saturated heterocycles. The number of hydrogen-bond donors (Lipinski definition) is 0. The summed E-state index contributed by atoms with van der Waals surface area (Å²) < 4.78 is 62.0. The Morgan fingerprint density at radius 2 is 0.875 bits per heavy atom. The summed E-state index contributed by atoms with van der Waals surface area (Å²) in [5, 5.41) is 0. The molecule has 2 heterocycles. The summed E-state index contributed by atoms with van der Waals surface area (Å²) >= 11 is -0.509. The molecule has 32 heavy (non-hydrogen) atoms. The van der Waals surface area contributed by atoms with E-state index in [-0.39, 0.29) is 1.43 Å². The molecule has 0 bridgehead atoms. The predicted molar refractivity (Wildman–Crippen MR) is 113 cm³/mol. The van der Waals surface area contributed by atoms with Crippen molar-refractivity contribution in [3.8, 4) is 22.5 Å². The summed E-state index contributed by atoms with van der Waals surface area (Å²) in [6.45, 7) is 0. The number of aromatic nitrogens is 2. The monoisotopic (exact) mass is 647 g/mol. The number of hydrogen-bond acceptors (Lipinski definition) is 2. The Bertz CT molecular complexity index is 1100. The van der Waals surface area contributed by atoms with Gasteiger partial charge in [0.15, 0.2) is 0 Å². The Morgan fingerprint density at radius 1 is 0.531 bits per heavy atom. The molecule has 0 amide bonds. The molecule has 4 rings (SSSR count). The molecule has 0 unspecified atom stereocenters. The van der Waals surface area contributed by atoms with Gasteiger partial charge in [-0.3, -0.25) is 0 Å². The summed E-state index contributed by atoms with van der Waals surface area (Å²) in [5.74, 6) is 0. The molecule has 2 nitrogen and oxygen atoms in total. The van der Waals surface area contributed by atoms with Gasteiger partial charge < -0.3 is 0 Å². The van der Waals surface area contributed by atoms with Crippen molar-refractivity contribution in [2.75, 3.05) is 0 Å². The van der Waals surface area contributed by atoms with Crippen LogP contribution in [-0.2, 0) is 17.7 Å². The molecule has 4 aromatic rings. The van der Waals surface area contributed by atoms with E-state index >= 15 is 0 Å². The fourth-order valence-electron chi connectivity index (χ4n) is 2.60. The third-order valence-corrected chi connectivity index (χ3v) is 7.15. The van der Waals surface area contributed by atoms with Crippen LogP contribution in [0.15, 0.2) is 97.3 Å². The molecular weight excluding hydrogens is 629 g/mol. The molecule has 0 aliphatic rings. The predicted octanol–water partition coefficient (Wildman–Crippen LogP) is 7.34. The molecule has 171 valence electrons. The molecule has 0 fully saturated rings. The average molecular weight is 647 g/mol. The van der Waals surface area contributed by atoms with E-state index in [1.807, 2.05) is 36.7 Å². The second kappa shape index (κ2) is 8.74. The zero-order valence-electron chi connectivity index (χ0n) is 17.2. The van der Waals surface area contributed by atoms with E-state index < -0.39 is 25.5 Å². The molecule has 10 heteroatoms. The van der Waals surface area contributed by atoms with Gasteiger partial charge in [-0.15, -0.1) is 0 Å². The van der Waals surface area contributed by atoms with E-state index in [0.29, 0.717) is 0 Å². The number of rotatable bonds is 4. The minimum absolute atomic E-state index is 0. The van der Waals surface area contributed by atoms with Crippen molar-refractivity contribution in [1.29, 1.82) is 0 Å². The van der Waals surface area contributed by atoms with Crippen molar-refractivity contribution >= 4 is 16.0 Å².